The van der Waals surface area contributed by atoms with E-state index in [1.54, 1.807) is 29.4 Å². The van der Waals surface area contributed by atoms with Gasteiger partial charge in [-0.25, -0.2) is 0 Å². The van der Waals surface area contributed by atoms with Crippen LogP contribution in [0, 0.1) is 6.92 Å². The van der Waals surface area contributed by atoms with Crippen LogP contribution in [0.25, 0.3) is 0 Å². The number of benzene rings is 1. The summed E-state index contributed by atoms with van der Waals surface area (Å²) in [7, 11) is 1.80. The van der Waals surface area contributed by atoms with E-state index in [1.807, 2.05) is 30.5 Å². The Morgan fingerprint density at radius 2 is 2.11 bits per heavy atom. The number of nitrogen functional groups attached to an aromatic ring is 1. The van der Waals surface area contributed by atoms with Gasteiger partial charge in [-0.3, -0.25) is 4.79 Å². The zero-order chi connectivity index (χ0) is 14.0. The summed E-state index contributed by atoms with van der Waals surface area (Å²) in [6, 6.07) is 7.46. The zero-order valence-corrected chi connectivity index (χ0v) is 13.2. The summed E-state index contributed by atoms with van der Waals surface area (Å²) in [6.45, 7) is 2.53. The first-order valence-corrected chi connectivity index (χ1v) is 7.48. The van der Waals surface area contributed by atoms with Gasteiger partial charge in [0, 0.05) is 33.0 Å². The zero-order valence-electron chi connectivity index (χ0n) is 10.8. The summed E-state index contributed by atoms with van der Waals surface area (Å²) < 4.78 is 1.05. The molecule has 0 bridgehead atoms. The highest BCUT2D eigenvalue weighted by Gasteiger charge is 2.13. The van der Waals surface area contributed by atoms with Crippen molar-refractivity contribution in [2.24, 2.45) is 0 Å². The molecule has 0 atom stereocenters. The fraction of sp³-hybridized carbons (Fsp3) is 0.214. The lowest BCUT2D eigenvalue weighted by atomic mass is 10.1. The van der Waals surface area contributed by atoms with Gasteiger partial charge in [0.1, 0.15) is 0 Å². The summed E-state index contributed by atoms with van der Waals surface area (Å²) in [5, 5.41) is 2.01. The molecule has 1 amide bonds. The third-order valence-corrected chi connectivity index (χ3v) is 4.39. The van der Waals surface area contributed by atoms with Crippen molar-refractivity contribution in [1.82, 2.24) is 4.90 Å². The van der Waals surface area contributed by atoms with Gasteiger partial charge < -0.3 is 10.6 Å². The van der Waals surface area contributed by atoms with Crippen molar-refractivity contribution in [3.8, 4) is 0 Å². The Hall–Kier alpha value is -1.33. The van der Waals surface area contributed by atoms with Crippen molar-refractivity contribution >= 4 is 38.9 Å². The van der Waals surface area contributed by atoms with Gasteiger partial charge in [0.15, 0.2) is 0 Å². The first kappa shape index (κ1) is 14.1. The highest BCUT2D eigenvalue weighted by molar-refractivity contribution is 9.10. The summed E-state index contributed by atoms with van der Waals surface area (Å²) in [5.74, 6) is -0.0140. The van der Waals surface area contributed by atoms with E-state index in [0.29, 0.717) is 17.8 Å². The lowest BCUT2D eigenvalue weighted by molar-refractivity contribution is 0.0786. The molecule has 0 aliphatic carbocycles. The van der Waals surface area contributed by atoms with Gasteiger partial charge in [-0.15, -0.1) is 11.3 Å². The van der Waals surface area contributed by atoms with Crippen molar-refractivity contribution in [2.45, 2.75) is 13.5 Å². The minimum Gasteiger partial charge on any atom is -0.399 e. The van der Waals surface area contributed by atoms with Crippen molar-refractivity contribution in [3.05, 3.63) is 50.1 Å². The minimum absolute atomic E-state index is 0.0140. The molecule has 0 fully saturated rings. The summed E-state index contributed by atoms with van der Waals surface area (Å²) in [4.78, 5) is 15.2. The van der Waals surface area contributed by atoms with Crippen LogP contribution in [0.2, 0.25) is 0 Å². The van der Waals surface area contributed by atoms with Gasteiger partial charge in [0.05, 0.1) is 6.54 Å². The highest BCUT2D eigenvalue weighted by atomic mass is 79.9. The number of aryl methyl sites for hydroxylation is 1. The van der Waals surface area contributed by atoms with Gasteiger partial charge >= 0.3 is 0 Å². The number of nitrogens with two attached hydrogens (primary N) is 1. The molecule has 2 rings (SSSR count). The maximum atomic E-state index is 12.3. The van der Waals surface area contributed by atoms with E-state index in [-0.39, 0.29) is 5.91 Å². The molecule has 100 valence electrons. The average molecular weight is 339 g/mol. The largest absolute Gasteiger partial charge is 0.399 e. The fourth-order valence-electron chi connectivity index (χ4n) is 1.90. The number of anilines is 1. The number of carbonyl (C=O) groups is 1. The van der Waals surface area contributed by atoms with E-state index in [4.69, 9.17) is 5.73 Å². The number of nitrogens with zero attached hydrogens (tertiary/aromatic N) is 1. The molecule has 1 aromatic carbocycles. The third-order valence-electron chi connectivity index (χ3n) is 2.71. The number of rotatable bonds is 3. The maximum Gasteiger partial charge on any atom is 0.254 e. The minimum atomic E-state index is -0.0140. The highest BCUT2D eigenvalue weighted by Crippen LogP contribution is 2.21. The molecule has 1 aromatic heterocycles. The molecular weight excluding hydrogens is 324 g/mol. The first-order chi connectivity index (χ1) is 8.95. The number of carbonyl (C=O) groups excluding carboxylic acids is 1. The second kappa shape index (κ2) is 5.75. The molecule has 0 aliphatic heterocycles. The predicted molar refractivity (Wildman–Crippen MR) is 83.4 cm³/mol. The van der Waals surface area contributed by atoms with Crippen molar-refractivity contribution in [1.29, 1.82) is 0 Å². The van der Waals surface area contributed by atoms with Crippen molar-refractivity contribution in [3.63, 3.8) is 0 Å². The lowest BCUT2D eigenvalue weighted by Gasteiger charge is -2.17. The van der Waals surface area contributed by atoms with Crippen LogP contribution < -0.4 is 5.73 Å². The van der Waals surface area contributed by atoms with E-state index >= 15 is 0 Å². The van der Waals surface area contributed by atoms with Crippen LogP contribution >= 0.6 is 27.3 Å². The smallest absolute Gasteiger partial charge is 0.254 e. The van der Waals surface area contributed by atoms with E-state index in [2.05, 4.69) is 15.9 Å². The molecule has 5 heteroatoms. The Morgan fingerprint density at radius 1 is 1.37 bits per heavy atom. The number of hydrogen-bond donors (Lipinski definition) is 1. The summed E-state index contributed by atoms with van der Waals surface area (Å²) in [6.07, 6.45) is 0. The molecule has 3 nitrogen and oxygen atoms in total. The fourth-order valence-corrected chi connectivity index (χ4v) is 3.40. The van der Waals surface area contributed by atoms with Crippen molar-refractivity contribution in [2.75, 3.05) is 12.8 Å². The second-order valence-electron chi connectivity index (χ2n) is 4.52. The van der Waals surface area contributed by atoms with Crippen LogP contribution in [0.5, 0.6) is 0 Å². The Balaban J connectivity index is 2.14. The molecule has 0 radical (unpaired) electrons. The molecule has 0 spiro atoms. The quantitative estimate of drug-likeness (QED) is 0.868. The van der Waals surface area contributed by atoms with Gasteiger partial charge in [0.25, 0.3) is 5.91 Å². The topological polar surface area (TPSA) is 46.3 Å². The normalized spacial score (nSPS) is 10.5. The molecule has 1 heterocycles. The van der Waals surface area contributed by atoms with Crippen LogP contribution in [0.15, 0.2) is 34.1 Å². The standard InChI is InChI=1S/C14H15BrN2OS/c1-9-3-10(5-12(16)4-9)14(18)17(2)7-13-6-11(15)8-19-13/h3-6,8H,7,16H2,1-2H3. The predicted octanol–water partition coefficient (Wildman–Crippen LogP) is 3.67. The van der Waals surface area contributed by atoms with Gasteiger partial charge in [-0.1, -0.05) is 0 Å². The second-order valence-corrected chi connectivity index (χ2v) is 6.44. The Bertz CT molecular complexity index is 589. The monoisotopic (exact) mass is 338 g/mol. The Kier molecular flexibility index (Phi) is 4.27. The molecule has 19 heavy (non-hydrogen) atoms. The van der Waals surface area contributed by atoms with Crippen molar-refractivity contribution < 1.29 is 4.79 Å². The molecule has 2 N–H and O–H groups in total. The molecule has 0 saturated heterocycles. The molecule has 0 saturated carbocycles. The molecule has 0 aliphatic rings. The maximum absolute atomic E-state index is 12.3. The molecule has 0 unspecified atom stereocenters. The van der Waals surface area contributed by atoms with E-state index in [1.165, 1.54) is 0 Å². The van der Waals surface area contributed by atoms with Crippen LogP contribution in [0.3, 0.4) is 0 Å². The van der Waals surface area contributed by atoms with E-state index in [9.17, 15) is 4.79 Å². The Morgan fingerprint density at radius 3 is 2.68 bits per heavy atom. The van der Waals surface area contributed by atoms with Crippen LogP contribution in [-0.2, 0) is 6.54 Å². The Labute approximate surface area is 125 Å². The van der Waals surface area contributed by atoms with Gasteiger partial charge in [-0.05, 0) is 52.7 Å². The van der Waals surface area contributed by atoms with Crippen LogP contribution in [-0.4, -0.2) is 17.9 Å². The van der Waals surface area contributed by atoms with E-state index in [0.717, 1.165) is 14.9 Å². The van der Waals surface area contributed by atoms with Crippen LogP contribution in [0.4, 0.5) is 5.69 Å². The SMILES string of the molecule is Cc1cc(N)cc(C(=O)N(C)Cc2cc(Br)cs2)c1. The average Bonchev–Trinajstić information content (AvgIpc) is 2.72. The first-order valence-electron chi connectivity index (χ1n) is 5.81. The summed E-state index contributed by atoms with van der Waals surface area (Å²) in [5.41, 5.74) is 8.03. The summed E-state index contributed by atoms with van der Waals surface area (Å²) >= 11 is 5.04. The number of thiophene rings is 1. The third kappa shape index (κ3) is 3.58. The molecular formula is C14H15BrN2OS. The van der Waals surface area contributed by atoms with Gasteiger partial charge in [-0.2, -0.15) is 0 Å². The lowest BCUT2D eigenvalue weighted by Crippen LogP contribution is -2.25. The molecule has 2 aromatic rings. The number of halogens is 1. The van der Waals surface area contributed by atoms with Gasteiger partial charge in [0.2, 0.25) is 0 Å². The number of amides is 1. The van der Waals surface area contributed by atoms with E-state index < -0.39 is 0 Å². The number of hydrogen-bond acceptors (Lipinski definition) is 3. The van der Waals surface area contributed by atoms with Crippen LogP contribution in [0.1, 0.15) is 20.8 Å².